The number of para-hydroxylation sites is 2. The molecule has 2 atom stereocenters. The number of benzene rings is 1. The number of hydrogen-bond acceptors (Lipinski definition) is 9. The molecular weight excluding hydrogens is 544 g/mol. The minimum absolute atomic E-state index is 0.155. The maximum Gasteiger partial charge on any atom is 0.340 e. The number of nitrogens with one attached hydrogen (secondary N) is 1. The molecule has 0 saturated carbocycles. The molecule has 6 heterocycles. The van der Waals surface area contributed by atoms with Gasteiger partial charge in [-0.15, -0.1) is 0 Å². The van der Waals surface area contributed by atoms with E-state index >= 15 is 0 Å². The number of likely N-dealkylation sites (N-methyl/N-ethyl adjacent to an activating group) is 2. The van der Waals surface area contributed by atoms with Gasteiger partial charge in [-0.2, -0.15) is 9.98 Å². The number of rotatable bonds is 4. The van der Waals surface area contributed by atoms with Gasteiger partial charge in [0.25, 0.3) is 0 Å². The van der Waals surface area contributed by atoms with Gasteiger partial charge in [-0.3, -0.25) is 9.97 Å². The van der Waals surface area contributed by atoms with Crippen molar-refractivity contribution in [2.75, 3.05) is 19.4 Å². The smallest absolute Gasteiger partial charge is 0.340 e. The standard InChI is InChI=1S/C30H28N12O/c1-5-12-19(2)39(3)24(31)35-26-37-30(23-16-9-11-18-33-23)29(40(26)4,22-15-8-10-17-32-22)38-27-36-25-34-20-13-6-7-14-21(20)41(25)28(43)42(27)30/h5-18H,2H2,1,3-4H3,(H2,31,35,37)(H,34,36,38)/b12-5-/t29-,30-/m0/s1. The first-order chi connectivity index (χ1) is 20.8. The summed E-state index contributed by atoms with van der Waals surface area (Å²) in [4.78, 5) is 47.0. The van der Waals surface area contributed by atoms with Crippen LogP contribution < -0.4 is 16.7 Å². The molecule has 0 spiro atoms. The number of anilines is 1. The van der Waals surface area contributed by atoms with Crippen LogP contribution in [-0.4, -0.2) is 64.7 Å². The van der Waals surface area contributed by atoms with E-state index in [0.717, 1.165) is 0 Å². The van der Waals surface area contributed by atoms with Crippen molar-refractivity contribution < 1.29 is 0 Å². The summed E-state index contributed by atoms with van der Waals surface area (Å²) < 4.78 is 3.00. The molecule has 0 amide bonds. The zero-order chi connectivity index (χ0) is 29.9. The highest BCUT2D eigenvalue weighted by Crippen LogP contribution is 2.55. The van der Waals surface area contributed by atoms with Crippen molar-refractivity contribution in [1.29, 1.82) is 0 Å². The molecule has 4 aromatic heterocycles. The number of guanidine groups is 2. The summed E-state index contributed by atoms with van der Waals surface area (Å²) in [6, 6.07) is 18.4. The number of hydrogen-bond donors (Lipinski definition) is 2. The number of allylic oxidation sites excluding steroid dienone is 2. The molecule has 43 heavy (non-hydrogen) atoms. The lowest BCUT2D eigenvalue weighted by molar-refractivity contribution is 0.133. The minimum atomic E-state index is -1.55. The number of nitrogens with zero attached hydrogens (tertiary/aromatic N) is 10. The molecule has 0 fully saturated rings. The van der Waals surface area contributed by atoms with E-state index in [0.29, 0.717) is 28.1 Å². The summed E-state index contributed by atoms with van der Waals surface area (Å²) in [5.41, 5.74) is 6.16. The summed E-state index contributed by atoms with van der Waals surface area (Å²) in [5, 5.41) is 3.52. The highest BCUT2D eigenvalue weighted by atomic mass is 16.2. The van der Waals surface area contributed by atoms with E-state index in [2.05, 4.69) is 16.9 Å². The van der Waals surface area contributed by atoms with E-state index in [9.17, 15) is 4.79 Å². The minimum Gasteiger partial charge on any atom is -0.369 e. The molecule has 0 radical (unpaired) electrons. The van der Waals surface area contributed by atoms with Gasteiger partial charge >= 0.3 is 5.69 Å². The quantitative estimate of drug-likeness (QED) is 0.188. The van der Waals surface area contributed by atoms with E-state index in [-0.39, 0.29) is 23.6 Å². The maximum absolute atomic E-state index is 14.7. The number of fused-ring (bicyclic) bond motifs is 6. The maximum atomic E-state index is 14.7. The van der Waals surface area contributed by atoms with Gasteiger partial charge in [-0.05, 0) is 49.4 Å². The second kappa shape index (κ2) is 9.34. The van der Waals surface area contributed by atoms with Crippen LogP contribution in [0.3, 0.4) is 0 Å². The first-order valence-corrected chi connectivity index (χ1v) is 13.6. The number of pyridine rings is 2. The molecule has 2 aliphatic heterocycles. The lowest BCUT2D eigenvalue weighted by Crippen LogP contribution is -2.59. The van der Waals surface area contributed by atoms with Crippen LogP contribution in [0.2, 0.25) is 0 Å². The molecule has 0 aliphatic carbocycles. The van der Waals surface area contributed by atoms with Gasteiger partial charge in [0.2, 0.25) is 35.0 Å². The topological polar surface area (TPSA) is 147 Å². The molecule has 13 heteroatoms. The van der Waals surface area contributed by atoms with Crippen LogP contribution in [0.15, 0.2) is 112 Å². The van der Waals surface area contributed by atoms with E-state index in [1.165, 1.54) is 8.97 Å². The third-order valence-electron chi connectivity index (χ3n) is 7.93. The van der Waals surface area contributed by atoms with Crippen LogP contribution in [0.25, 0.3) is 16.8 Å². The van der Waals surface area contributed by atoms with E-state index in [1.807, 2.05) is 85.6 Å². The normalized spacial score (nSPS) is 21.2. The molecule has 13 nitrogen and oxygen atoms in total. The Hall–Kier alpha value is -5.85. The predicted octanol–water partition coefficient (Wildman–Crippen LogP) is 2.45. The first-order valence-electron chi connectivity index (χ1n) is 13.6. The van der Waals surface area contributed by atoms with Gasteiger partial charge in [-0.1, -0.05) is 36.9 Å². The average molecular weight is 573 g/mol. The van der Waals surface area contributed by atoms with Crippen molar-refractivity contribution >= 4 is 34.7 Å². The Bertz CT molecular complexity index is 2060. The van der Waals surface area contributed by atoms with E-state index in [1.54, 1.807) is 30.4 Å². The molecule has 7 rings (SSSR count). The van der Waals surface area contributed by atoms with Crippen molar-refractivity contribution in [1.82, 2.24) is 38.7 Å². The summed E-state index contributed by atoms with van der Waals surface area (Å²) in [5.74, 6) is 0.919. The molecular formula is C30H28N12O. The van der Waals surface area contributed by atoms with Gasteiger partial charge < -0.3 is 20.9 Å². The van der Waals surface area contributed by atoms with Crippen LogP contribution in [0, 0.1) is 0 Å². The zero-order valence-corrected chi connectivity index (χ0v) is 23.7. The summed E-state index contributed by atoms with van der Waals surface area (Å²) >= 11 is 0. The van der Waals surface area contributed by atoms with Crippen molar-refractivity contribution in [3.05, 3.63) is 119 Å². The van der Waals surface area contributed by atoms with E-state index < -0.39 is 17.0 Å². The monoisotopic (exact) mass is 572 g/mol. The largest absolute Gasteiger partial charge is 0.369 e. The molecule has 0 unspecified atom stereocenters. The predicted molar refractivity (Wildman–Crippen MR) is 164 cm³/mol. The fourth-order valence-corrected chi connectivity index (χ4v) is 5.86. The molecule has 0 bridgehead atoms. The molecule has 0 saturated heterocycles. The summed E-state index contributed by atoms with van der Waals surface area (Å²) in [6.07, 6.45) is 7.04. The molecule has 2 aliphatic rings. The van der Waals surface area contributed by atoms with Crippen molar-refractivity contribution in [2.24, 2.45) is 15.7 Å². The van der Waals surface area contributed by atoms with Crippen LogP contribution in [0.4, 0.5) is 5.95 Å². The van der Waals surface area contributed by atoms with Gasteiger partial charge in [0.1, 0.15) is 0 Å². The molecule has 214 valence electrons. The van der Waals surface area contributed by atoms with Crippen molar-refractivity contribution in [3.63, 3.8) is 0 Å². The Morgan fingerprint density at radius 3 is 2.44 bits per heavy atom. The second-order valence-electron chi connectivity index (χ2n) is 10.2. The Labute approximate surface area is 246 Å². The van der Waals surface area contributed by atoms with Crippen molar-refractivity contribution in [2.45, 2.75) is 18.2 Å². The van der Waals surface area contributed by atoms with Gasteiger partial charge in [0.15, 0.2) is 0 Å². The van der Waals surface area contributed by atoms with Gasteiger partial charge in [-0.25, -0.2) is 23.7 Å². The lowest BCUT2D eigenvalue weighted by Gasteiger charge is -2.41. The third-order valence-corrected chi connectivity index (χ3v) is 7.93. The van der Waals surface area contributed by atoms with Crippen LogP contribution in [0.5, 0.6) is 0 Å². The molecule has 3 N–H and O–H groups in total. The first kappa shape index (κ1) is 26.1. The fourth-order valence-electron chi connectivity index (χ4n) is 5.86. The number of imidazole rings is 1. The highest BCUT2D eigenvalue weighted by Gasteiger charge is 2.70. The molecule has 5 aromatic rings. The second-order valence-corrected chi connectivity index (χ2v) is 10.2. The Balaban J connectivity index is 1.59. The SMILES string of the molecule is C=C(/C=C\C)N(C)/C(N)=N\C1=N[C@@]2(c3ccccn3)n3c(nc4nc5ccccc5n4c3=O)N[C@@]2(c2ccccn2)N1C. The van der Waals surface area contributed by atoms with Crippen molar-refractivity contribution in [3.8, 4) is 0 Å². The van der Waals surface area contributed by atoms with Crippen LogP contribution >= 0.6 is 0 Å². The Morgan fingerprint density at radius 1 is 1.05 bits per heavy atom. The van der Waals surface area contributed by atoms with Crippen LogP contribution in [0.1, 0.15) is 18.3 Å². The van der Waals surface area contributed by atoms with Crippen LogP contribution in [-0.2, 0) is 11.3 Å². The summed E-state index contributed by atoms with van der Waals surface area (Å²) in [7, 11) is 3.59. The van der Waals surface area contributed by atoms with Gasteiger partial charge in [0, 0.05) is 32.2 Å². The van der Waals surface area contributed by atoms with E-state index in [4.69, 9.17) is 30.7 Å². The number of aliphatic imine (C=N–C) groups is 2. The third kappa shape index (κ3) is 3.41. The van der Waals surface area contributed by atoms with Gasteiger partial charge in [0.05, 0.1) is 22.4 Å². The Morgan fingerprint density at radius 2 is 1.74 bits per heavy atom. The lowest BCUT2D eigenvalue weighted by atomic mass is 9.87. The number of nitrogens with two attached hydrogens (primary N) is 1. The highest BCUT2D eigenvalue weighted by molar-refractivity contribution is 5.97. The Kier molecular flexibility index (Phi) is 5.66. The summed E-state index contributed by atoms with van der Waals surface area (Å²) in [6.45, 7) is 5.95. The average Bonchev–Trinajstić information content (AvgIpc) is 3.63. The zero-order valence-electron chi connectivity index (χ0n) is 23.7. The number of aromatic nitrogens is 6. The fraction of sp³-hybridized carbons (Fsp3) is 0.167. The molecule has 1 aromatic carbocycles.